The number of aromatic nitrogens is 2. The van der Waals surface area contributed by atoms with Crippen molar-refractivity contribution >= 4 is 38.9 Å². The maximum Gasteiger partial charge on any atom is 0.261 e. The largest absolute Gasteiger partial charge is 0.591 e. The van der Waals surface area contributed by atoms with E-state index in [1.165, 1.54) is 0 Å². The van der Waals surface area contributed by atoms with Gasteiger partial charge in [0.25, 0.3) is 5.56 Å². The van der Waals surface area contributed by atoms with E-state index in [2.05, 4.69) is 4.40 Å². The van der Waals surface area contributed by atoms with Crippen molar-refractivity contribution < 1.29 is 8.97 Å². The fraction of sp³-hybridized carbons (Fsp3) is 0.292. The van der Waals surface area contributed by atoms with Gasteiger partial charge in [-0.15, -0.1) is 0 Å². The molecule has 0 spiro atoms. The van der Waals surface area contributed by atoms with E-state index in [4.69, 9.17) is 9.40 Å². The minimum atomic E-state index is -1.42. The normalized spacial score (nSPS) is 13.8. The molecule has 0 saturated carbocycles. The number of benzene rings is 2. The van der Waals surface area contributed by atoms with Crippen molar-refractivity contribution in [3.63, 3.8) is 0 Å². The molecule has 0 aliphatic rings. The Morgan fingerprint density at radius 2 is 1.97 bits per heavy atom. The molecule has 0 N–H and O–H groups in total. The fourth-order valence-electron chi connectivity index (χ4n) is 3.52. The molecule has 2 aromatic heterocycles. The first kappa shape index (κ1) is 21.3. The molecule has 4 rings (SSSR count). The summed E-state index contributed by atoms with van der Waals surface area (Å²) < 4.78 is 23.8. The molecule has 0 amide bonds. The number of hydrogen-bond donors (Lipinski definition) is 0. The number of hydrogen-bond acceptors (Lipinski definition) is 5. The lowest BCUT2D eigenvalue weighted by molar-refractivity contribution is 0.561. The molecule has 0 radical (unpaired) electrons. The van der Waals surface area contributed by atoms with Gasteiger partial charge in [0.1, 0.15) is 27.5 Å². The number of furan rings is 1. The van der Waals surface area contributed by atoms with Crippen LogP contribution in [0.2, 0.25) is 0 Å². The Morgan fingerprint density at radius 3 is 2.68 bits per heavy atom. The van der Waals surface area contributed by atoms with Crippen molar-refractivity contribution in [3.8, 4) is 11.4 Å². The molecule has 160 valence electrons. The predicted octanol–water partition coefficient (Wildman–Crippen LogP) is 4.93. The van der Waals surface area contributed by atoms with E-state index in [9.17, 15) is 9.35 Å². The molecule has 2 heterocycles. The SMILES string of the molecule is CC(=N[S@+]([O-])C(C)(C)C)c1cc(C)cc2c(=O)n(C)c(-c3cccc4ccoc34)nc12. The second kappa shape index (κ2) is 7.66. The lowest BCUT2D eigenvalue weighted by Gasteiger charge is -2.19. The fourth-order valence-corrected chi connectivity index (χ4v) is 4.14. The summed E-state index contributed by atoms with van der Waals surface area (Å²) >= 11 is -1.42. The average molecular weight is 436 g/mol. The van der Waals surface area contributed by atoms with Crippen LogP contribution in [0.3, 0.4) is 0 Å². The second-order valence-corrected chi connectivity index (χ2v) is 10.6. The van der Waals surface area contributed by atoms with Gasteiger partial charge in [-0.1, -0.05) is 16.5 Å². The van der Waals surface area contributed by atoms with E-state index in [1.54, 1.807) is 17.9 Å². The summed E-state index contributed by atoms with van der Waals surface area (Å²) in [6, 6.07) is 11.4. The average Bonchev–Trinajstić information content (AvgIpc) is 3.18. The van der Waals surface area contributed by atoms with Gasteiger partial charge in [-0.2, -0.15) is 0 Å². The lowest BCUT2D eigenvalue weighted by atomic mass is 10.0. The van der Waals surface area contributed by atoms with Crippen LogP contribution < -0.4 is 5.56 Å². The van der Waals surface area contributed by atoms with E-state index in [-0.39, 0.29) is 5.56 Å². The van der Waals surface area contributed by atoms with E-state index >= 15 is 0 Å². The van der Waals surface area contributed by atoms with Crippen LogP contribution in [-0.2, 0) is 18.4 Å². The van der Waals surface area contributed by atoms with E-state index < -0.39 is 16.1 Å². The summed E-state index contributed by atoms with van der Waals surface area (Å²) in [4.78, 5) is 18.2. The summed E-state index contributed by atoms with van der Waals surface area (Å²) in [7, 11) is 1.71. The maximum atomic E-state index is 13.3. The monoisotopic (exact) mass is 435 g/mol. The minimum Gasteiger partial charge on any atom is -0.591 e. The first-order chi connectivity index (χ1) is 14.6. The van der Waals surface area contributed by atoms with Gasteiger partial charge < -0.3 is 8.97 Å². The third-order valence-electron chi connectivity index (χ3n) is 5.18. The topological polar surface area (TPSA) is 83.5 Å². The van der Waals surface area contributed by atoms with E-state index in [1.807, 2.05) is 71.0 Å². The molecule has 0 fully saturated rings. The van der Waals surface area contributed by atoms with Crippen molar-refractivity contribution in [3.05, 3.63) is 64.1 Å². The quantitative estimate of drug-likeness (QED) is 0.337. The van der Waals surface area contributed by atoms with Gasteiger partial charge in [-0.25, -0.2) is 4.98 Å². The molecule has 2 aromatic carbocycles. The van der Waals surface area contributed by atoms with Gasteiger partial charge in [0.15, 0.2) is 0 Å². The number of nitrogens with zero attached hydrogens (tertiary/aromatic N) is 3. The zero-order chi connectivity index (χ0) is 22.5. The Bertz CT molecular complexity index is 1390. The zero-order valence-electron chi connectivity index (χ0n) is 18.5. The Morgan fingerprint density at radius 1 is 1.23 bits per heavy atom. The third-order valence-corrected chi connectivity index (χ3v) is 6.67. The number of rotatable bonds is 3. The predicted molar refractivity (Wildman–Crippen MR) is 127 cm³/mol. The molecule has 0 bridgehead atoms. The molecule has 0 aliphatic carbocycles. The molecule has 0 aliphatic heterocycles. The lowest BCUT2D eigenvalue weighted by Crippen LogP contribution is -2.27. The van der Waals surface area contributed by atoms with Gasteiger partial charge in [0.05, 0.1) is 28.4 Å². The summed E-state index contributed by atoms with van der Waals surface area (Å²) in [5.41, 5.74) is 4.01. The third kappa shape index (κ3) is 3.79. The highest BCUT2D eigenvalue weighted by molar-refractivity contribution is 7.91. The van der Waals surface area contributed by atoms with Crippen LogP contribution in [0, 0.1) is 6.92 Å². The molecule has 7 heteroatoms. The van der Waals surface area contributed by atoms with Crippen molar-refractivity contribution in [2.24, 2.45) is 11.4 Å². The second-order valence-electron chi connectivity index (χ2n) is 8.69. The van der Waals surface area contributed by atoms with Gasteiger partial charge in [-0.05, 0) is 64.4 Å². The standard InChI is InChI=1S/C24H25N3O3S/c1-14-12-18(15(2)26-31(29)24(3,4)5)20-19(13-14)23(28)27(6)22(25-20)17-9-7-8-16-10-11-30-21(16)17/h7-13H,1-6H3/t31-/m1/s1. The first-order valence-electron chi connectivity index (χ1n) is 10.0. The van der Waals surface area contributed by atoms with Crippen molar-refractivity contribution in [1.29, 1.82) is 0 Å². The molecule has 4 aromatic rings. The van der Waals surface area contributed by atoms with Crippen molar-refractivity contribution in [1.82, 2.24) is 9.55 Å². The Balaban J connectivity index is 2.03. The van der Waals surface area contributed by atoms with Crippen LogP contribution in [0.15, 0.2) is 56.3 Å². The highest BCUT2D eigenvalue weighted by atomic mass is 32.2. The maximum absolute atomic E-state index is 13.3. The van der Waals surface area contributed by atoms with Gasteiger partial charge in [-0.3, -0.25) is 9.36 Å². The summed E-state index contributed by atoms with van der Waals surface area (Å²) in [6.07, 6.45) is 1.63. The number of para-hydroxylation sites is 1. The molecule has 31 heavy (non-hydrogen) atoms. The Hall–Kier alpha value is -2.90. The van der Waals surface area contributed by atoms with Crippen LogP contribution in [0.25, 0.3) is 33.3 Å². The molecular formula is C24H25N3O3S. The van der Waals surface area contributed by atoms with Crippen LogP contribution in [0.1, 0.15) is 38.8 Å². The van der Waals surface area contributed by atoms with Gasteiger partial charge in [0.2, 0.25) is 0 Å². The highest BCUT2D eigenvalue weighted by Gasteiger charge is 2.27. The minimum absolute atomic E-state index is 0.154. The Labute approximate surface area is 184 Å². The number of aryl methyl sites for hydroxylation is 1. The molecule has 6 nitrogen and oxygen atoms in total. The van der Waals surface area contributed by atoms with Crippen LogP contribution >= 0.6 is 0 Å². The van der Waals surface area contributed by atoms with Crippen molar-refractivity contribution in [2.75, 3.05) is 0 Å². The Kier molecular flexibility index (Phi) is 5.27. The molecule has 0 unspecified atom stereocenters. The summed E-state index contributed by atoms with van der Waals surface area (Å²) in [5, 5.41) is 1.44. The summed E-state index contributed by atoms with van der Waals surface area (Å²) in [6.45, 7) is 9.37. The van der Waals surface area contributed by atoms with Gasteiger partial charge >= 0.3 is 0 Å². The highest BCUT2D eigenvalue weighted by Crippen LogP contribution is 2.29. The first-order valence-corrected chi connectivity index (χ1v) is 11.1. The number of fused-ring (bicyclic) bond motifs is 2. The zero-order valence-corrected chi connectivity index (χ0v) is 19.3. The van der Waals surface area contributed by atoms with Crippen molar-refractivity contribution in [2.45, 2.75) is 39.4 Å². The molecular weight excluding hydrogens is 410 g/mol. The van der Waals surface area contributed by atoms with Crippen LogP contribution in [-0.4, -0.2) is 24.6 Å². The molecule has 0 saturated heterocycles. The van der Waals surface area contributed by atoms with Crippen LogP contribution in [0.5, 0.6) is 0 Å². The summed E-state index contributed by atoms with van der Waals surface area (Å²) in [5.74, 6) is 0.507. The van der Waals surface area contributed by atoms with Crippen LogP contribution in [0.4, 0.5) is 0 Å². The molecule has 1 atom stereocenters. The van der Waals surface area contributed by atoms with E-state index in [0.29, 0.717) is 33.6 Å². The van der Waals surface area contributed by atoms with E-state index in [0.717, 1.165) is 16.5 Å². The smallest absolute Gasteiger partial charge is 0.261 e. The van der Waals surface area contributed by atoms with Gasteiger partial charge in [0, 0.05) is 18.0 Å².